The van der Waals surface area contributed by atoms with Crippen LogP contribution in [0, 0.1) is 0 Å². The van der Waals surface area contributed by atoms with Gasteiger partial charge in [-0.2, -0.15) is 11.8 Å². The average molecular weight is 306 g/mol. The van der Waals surface area contributed by atoms with Gasteiger partial charge in [0, 0.05) is 24.3 Å². The summed E-state index contributed by atoms with van der Waals surface area (Å²) in [6.07, 6.45) is 1.08. The Morgan fingerprint density at radius 1 is 1.67 bits per heavy atom. The third-order valence-corrected chi connectivity index (χ3v) is 5.21. The van der Waals surface area contributed by atoms with Crippen LogP contribution in [0.3, 0.4) is 0 Å². The minimum absolute atomic E-state index is 0.0267. The van der Waals surface area contributed by atoms with Crippen molar-refractivity contribution in [3.05, 3.63) is 21.4 Å². The summed E-state index contributed by atoms with van der Waals surface area (Å²) in [6.45, 7) is 0.880. The molecule has 2 heterocycles. The van der Waals surface area contributed by atoms with E-state index < -0.39 is 0 Å². The number of methoxy groups -OCH3 is 1. The van der Waals surface area contributed by atoms with Gasteiger partial charge in [0.1, 0.15) is 0 Å². The van der Waals surface area contributed by atoms with Crippen LogP contribution in [0.1, 0.15) is 20.1 Å². The first-order valence-corrected chi connectivity index (χ1v) is 8.22. The van der Waals surface area contributed by atoms with Crippen molar-refractivity contribution in [2.45, 2.75) is 17.6 Å². The molecule has 1 aromatic rings. The normalized spacial score (nSPS) is 16.1. The van der Waals surface area contributed by atoms with Crippen LogP contribution in [-0.2, 0) is 16.9 Å². The molecule has 100 valence electrons. The van der Waals surface area contributed by atoms with E-state index in [2.05, 4.69) is 5.32 Å². The van der Waals surface area contributed by atoms with E-state index in [0.29, 0.717) is 13.2 Å². The molecule has 6 heteroatoms. The summed E-state index contributed by atoms with van der Waals surface area (Å²) in [5.74, 6) is 2.16. The molecule has 1 aliphatic rings. The lowest BCUT2D eigenvalue weighted by Crippen LogP contribution is -2.31. The summed E-state index contributed by atoms with van der Waals surface area (Å²) in [7, 11) is 1.60. The van der Waals surface area contributed by atoms with Crippen LogP contribution in [-0.4, -0.2) is 37.3 Å². The maximum Gasteiger partial charge on any atom is 0.261 e. The number of thioether (sulfide) groups is 1. The highest BCUT2D eigenvalue weighted by Crippen LogP contribution is 2.31. The minimum Gasteiger partial charge on any atom is -0.383 e. The average Bonchev–Trinajstić information content (AvgIpc) is 2.80. The summed E-state index contributed by atoms with van der Waals surface area (Å²) in [6, 6.07) is 2.01. The summed E-state index contributed by atoms with van der Waals surface area (Å²) < 4.78 is 4.92. The van der Waals surface area contributed by atoms with E-state index in [1.54, 1.807) is 18.4 Å². The number of rotatable bonds is 5. The van der Waals surface area contributed by atoms with Gasteiger partial charge in [-0.1, -0.05) is 0 Å². The number of hydrogen-bond donors (Lipinski definition) is 1. The first-order chi connectivity index (χ1) is 8.70. The molecule has 0 radical (unpaired) electrons. The molecule has 0 spiro atoms. The lowest BCUT2D eigenvalue weighted by atomic mass is 10.2. The molecule has 0 aromatic carbocycles. The number of amides is 1. The Morgan fingerprint density at radius 2 is 2.50 bits per heavy atom. The first-order valence-electron chi connectivity index (χ1n) is 5.81. The number of hydrogen-bond acceptors (Lipinski definition) is 4. The lowest BCUT2D eigenvalue weighted by Gasteiger charge is -2.08. The highest BCUT2D eigenvalue weighted by molar-refractivity contribution is 7.98. The van der Waals surface area contributed by atoms with Gasteiger partial charge in [-0.15, -0.1) is 22.9 Å². The Bertz CT molecular complexity index is 399. The molecule has 18 heavy (non-hydrogen) atoms. The van der Waals surface area contributed by atoms with E-state index in [1.165, 1.54) is 10.4 Å². The lowest BCUT2D eigenvalue weighted by molar-refractivity contribution is 0.0953. The van der Waals surface area contributed by atoms with Gasteiger partial charge in [0.05, 0.1) is 16.9 Å². The Labute approximate surface area is 120 Å². The number of carbonyl (C=O) groups excluding carboxylic acids is 1. The van der Waals surface area contributed by atoms with Crippen LogP contribution in [0.4, 0.5) is 0 Å². The second-order valence-electron chi connectivity index (χ2n) is 4.12. The van der Waals surface area contributed by atoms with Crippen LogP contribution in [0.15, 0.2) is 6.07 Å². The Hall–Kier alpha value is -0.230. The quantitative estimate of drug-likeness (QED) is 0.850. The van der Waals surface area contributed by atoms with Crippen molar-refractivity contribution >= 4 is 40.6 Å². The summed E-state index contributed by atoms with van der Waals surface area (Å²) in [5, 5.41) is 2.67. The van der Waals surface area contributed by atoms with Crippen LogP contribution in [0.2, 0.25) is 0 Å². The van der Waals surface area contributed by atoms with Crippen molar-refractivity contribution in [1.29, 1.82) is 0 Å². The van der Waals surface area contributed by atoms with E-state index in [1.807, 2.05) is 17.8 Å². The molecule has 1 aliphatic heterocycles. The van der Waals surface area contributed by atoms with Crippen molar-refractivity contribution < 1.29 is 9.53 Å². The van der Waals surface area contributed by atoms with Crippen molar-refractivity contribution in [2.24, 2.45) is 0 Å². The maximum absolute atomic E-state index is 12.0. The molecular formula is C12H16ClNO2S2. The number of aryl methyl sites for hydroxylation is 1. The number of ether oxygens (including phenoxy) is 1. The van der Waals surface area contributed by atoms with Gasteiger partial charge >= 0.3 is 0 Å². The van der Waals surface area contributed by atoms with Gasteiger partial charge in [0.25, 0.3) is 5.91 Å². The SMILES string of the molecule is COCC(Cl)CNC(=O)c1cc2c(s1)CCSC2. The first kappa shape index (κ1) is 14.2. The van der Waals surface area contributed by atoms with Gasteiger partial charge in [-0.05, 0) is 23.8 Å². The summed E-state index contributed by atoms with van der Waals surface area (Å²) >= 11 is 9.51. The molecular weight excluding hydrogens is 290 g/mol. The standard InChI is InChI=1S/C12H16ClNO2S2/c1-16-6-9(13)5-14-12(15)11-4-8-7-17-3-2-10(8)18-11/h4,9H,2-3,5-7H2,1H3,(H,14,15). The van der Waals surface area contributed by atoms with Crippen LogP contribution in [0.25, 0.3) is 0 Å². The molecule has 2 rings (SSSR count). The fraction of sp³-hybridized carbons (Fsp3) is 0.583. The molecule has 0 aliphatic carbocycles. The highest BCUT2D eigenvalue weighted by Gasteiger charge is 2.17. The Morgan fingerprint density at radius 3 is 3.22 bits per heavy atom. The predicted octanol–water partition coefficient (Wildman–Crippen LogP) is 2.52. The van der Waals surface area contributed by atoms with Crippen LogP contribution in [0.5, 0.6) is 0 Å². The van der Waals surface area contributed by atoms with Crippen LogP contribution < -0.4 is 5.32 Å². The third-order valence-electron chi connectivity index (χ3n) is 2.68. The number of halogens is 1. The minimum atomic E-state index is -0.177. The molecule has 0 saturated heterocycles. The molecule has 3 nitrogen and oxygen atoms in total. The molecule has 1 atom stereocenters. The van der Waals surface area contributed by atoms with Gasteiger partial charge in [-0.3, -0.25) is 4.79 Å². The summed E-state index contributed by atoms with van der Waals surface area (Å²) in [5.41, 5.74) is 1.32. The Balaban J connectivity index is 1.90. The van der Waals surface area contributed by atoms with Crippen molar-refractivity contribution in [2.75, 3.05) is 26.0 Å². The largest absolute Gasteiger partial charge is 0.383 e. The topological polar surface area (TPSA) is 38.3 Å². The second kappa shape index (κ2) is 6.80. The fourth-order valence-corrected chi connectivity index (χ4v) is 4.28. The molecule has 1 aromatic heterocycles. The zero-order chi connectivity index (χ0) is 13.0. The van der Waals surface area contributed by atoms with Gasteiger partial charge in [-0.25, -0.2) is 0 Å². The molecule has 1 N–H and O–H groups in total. The number of thiophene rings is 1. The van der Waals surface area contributed by atoms with E-state index in [9.17, 15) is 4.79 Å². The molecule has 0 bridgehead atoms. The number of alkyl halides is 1. The van der Waals surface area contributed by atoms with Gasteiger partial charge < -0.3 is 10.1 Å². The van der Waals surface area contributed by atoms with Gasteiger partial charge in [0.15, 0.2) is 0 Å². The molecule has 0 fully saturated rings. The van der Waals surface area contributed by atoms with Crippen molar-refractivity contribution in [1.82, 2.24) is 5.32 Å². The van der Waals surface area contributed by atoms with Crippen molar-refractivity contribution in [3.63, 3.8) is 0 Å². The highest BCUT2D eigenvalue weighted by atomic mass is 35.5. The van der Waals surface area contributed by atoms with Crippen molar-refractivity contribution in [3.8, 4) is 0 Å². The zero-order valence-corrected chi connectivity index (χ0v) is 12.6. The number of carbonyl (C=O) groups is 1. The predicted molar refractivity (Wildman–Crippen MR) is 78.0 cm³/mol. The van der Waals surface area contributed by atoms with Crippen LogP contribution >= 0.6 is 34.7 Å². The zero-order valence-electron chi connectivity index (χ0n) is 10.2. The van der Waals surface area contributed by atoms with E-state index in [-0.39, 0.29) is 11.3 Å². The second-order valence-corrected chi connectivity index (χ2v) is 6.98. The Kier molecular flexibility index (Phi) is 5.36. The smallest absolute Gasteiger partial charge is 0.261 e. The van der Waals surface area contributed by atoms with E-state index in [0.717, 1.165) is 22.8 Å². The summed E-state index contributed by atoms with van der Waals surface area (Å²) in [4.78, 5) is 14.1. The van der Waals surface area contributed by atoms with Gasteiger partial charge in [0.2, 0.25) is 0 Å². The monoisotopic (exact) mass is 305 g/mol. The molecule has 0 saturated carbocycles. The third kappa shape index (κ3) is 3.63. The molecule has 1 amide bonds. The fourth-order valence-electron chi connectivity index (χ4n) is 1.79. The van der Waals surface area contributed by atoms with E-state index >= 15 is 0 Å². The number of fused-ring (bicyclic) bond motifs is 1. The maximum atomic E-state index is 12.0. The van der Waals surface area contributed by atoms with E-state index in [4.69, 9.17) is 16.3 Å². The molecule has 1 unspecified atom stereocenters. The number of nitrogens with one attached hydrogen (secondary N) is 1.